The Balaban J connectivity index is 1.63. The Morgan fingerprint density at radius 3 is 2.32 bits per heavy atom. The van der Waals surface area contributed by atoms with Crippen molar-refractivity contribution in [2.75, 3.05) is 36.0 Å². The lowest BCUT2D eigenvalue weighted by Gasteiger charge is -2.34. The second kappa shape index (κ2) is 5.83. The average molecular weight is 340 g/mol. The van der Waals surface area contributed by atoms with Crippen LogP contribution in [0.3, 0.4) is 0 Å². The van der Waals surface area contributed by atoms with Crippen LogP contribution in [-0.4, -0.2) is 41.1 Å². The molecule has 1 saturated heterocycles. The number of rotatable bonds is 3. The first-order chi connectivity index (χ1) is 9.36. The predicted octanol–water partition coefficient (Wildman–Crippen LogP) is 2.15. The van der Waals surface area contributed by atoms with Gasteiger partial charge in [-0.15, -0.1) is 11.3 Å². The van der Waals surface area contributed by atoms with Crippen LogP contribution in [0.5, 0.6) is 0 Å². The van der Waals surface area contributed by atoms with E-state index in [4.69, 9.17) is 0 Å². The third-order valence-electron chi connectivity index (χ3n) is 3.10. The summed E-state index contributed by atoms with van der Waals surface area (Å²) in [5.74, 6) is 0.823. The van der Waals surface area contributed by atoms with Gasteiger partial charge in [0.1, 0.15) is 0 Å². The van der Waals surface area contributed by atoms with E-state index in [0.717, 1.165) is 48.2 Å². The number of nitrogens with zero attached hydrogens (tertiary/aromatic N) is 5. The Morgan fingerprint density at radius 2 is 1.74 bits per heavy atom. The number of anilines is 2. The zero-order chi connectivity index (χ0) is 13.1. The van der Waals surface area contributed by atoms with Crippen molar-refractivity contribution in [2.45, 2.75) is 5.33 Å². The van der Waals surface area contributed by atoms with E-state index in [1.165, 1.54) is 0 Å². The molecule has 0 radical (unpaired) electrons. The van der Waals surface area contributed by atoms with Gasteiger partial charge in [0.05, 0.1) is 0 Å². The highest BCUT2D eigenvalue weighted by Gasteiger charge is 2.20. The molecule has 1 aliphatic heterocycles. The van der Waals surface area contributed by atoms with E-state index < -0.39 is 0 Å². The summed E-state index contributed by atoms with van der Waals surface area (Å²) < 4.78 is 0. The lowest BCUT2D eigenvalue weighted by Crippen LogP contribution is -2.47. The monoisotopic (exact) mass is 339 g/mol. The zero-order valence-electron chi connectivity index (χ0n) is 10.4. The molecular weight excluding hydrogens is 326 g/mol. The minimum Gasteiger partial charge on any atom is -0.345 e. The summed E-state index contributed by atoms with van der Waals surface area (Å²) in [6, 6.07) is 0. The molecule has 0 bridgehead atoms. The van der Waals surface area contributed by atoms with Crippen molar-refractivity contribution in [3.05, 3.63) is 29.5 Å². The molecule has 2 aromatic rings. The van der Waals surface area contributed by atoms with Crippen molar-refractivity contribution in [2.24, 2.45) is 0 Å². The average Bonchev–Trinajstić information content (AvgIpc) is 3.02. The fourth-order valence-corrected chi connectivity index (χ4v) is 3.04. The second-order valence-corrected chi connectivity index (χ2v) is 5.75. The molecule has 0 aliphatic carbocycles. The molecule has 0 amide bonds. The standard InChI is InChI=1S/C12H14BrN5S/c13-7-10-8-15-11(16-9-10)17-2-4-18(5-3-17)12-14-1-6-19-12/h1,6,8-9H,2-5,7H2. The van der Waals surface area contributed by atoms with Crippen LogP contribution in [0.2, 0.25) is 0 Å². The van der Waals surface area contributed by atoms with Crippen molar-refractivity contribution in [1.82, 2.24) is 15.0 Å². The molecule has 3 heterocycles. The summed E-state index contributed by atoms with van der Waals surface area (Å²) >= 11 is 5.09. The van der Waals surface area contributed by atoms with Gasteiger partial charge in [-0.25, -0.2) is 15.0 Å². The van der Waals surface area contributed by atoms with Crippen molar-refractivity contribution in [3.8, 4) is 0 Å². The molecule has 0 spiro atoms. The number of hydrogen-bond donors (Lipinski definition) is 0. The number of alkyl halides is 1. The third kappa shape index (κ3) is 2.87. The number of piperazine rings is 1. The maximum atomic E-state index is 4.41. The van der Waals surface area contributed by atoms with Gasteiger partial charge >= 0.3 is 0 Å². The minimum absolute atomic E-state index is 0.797. The summed E-state index contributed by atoms with van der Waals surface area (Å²) in [7, 11) is 0. The van der Waals surface area contributed by atoms with Gasteiger partial charge in [0.2, 0.25) is 5.95 Å². The number of thiazole rings is 1. The molecule has 19 heavy (non-hydrogen) atoms. The molecule has 100 valence electrons. The van der Waals surface area contributed by atoms with Crippen LogP contribution in [0.25, 0.3) is 0 Å². The Labute approximate surface area is 124 Å². The van der Waals surface area contributed by atoms with Gasteiger partial charge in [0.15, 0.2) is 5.13 Å². The van der Waals surface area contributed by atoms with E-state index in [-0.39, 0.29) is 0 Å². The summed E-state index contributed by atoms with van der Waals surface area (Å²) in [5, 5.41) is 3.92. The van der Waals surface area contributed by atoms with Crippen LogP contribution in [0, 0.1) is 0 Å². The van der Waals surface area contributed by atoms with Crippen molar-refractivity contribution in [1.29, 1.82) is 0 Å². The Hall–Kier alpha value is -1.21. The molecule has 7 heteroatoms. The minimum atomic E-state index is 0.797. The summed E-state index contributed by atoms with van der Waals surface area (Å²) in [6.45, 7) is 3.81. The van der Waals surface area contributed by atoms with E-state index in [9.17, 15) is 0 Å². The molecule has 0 N–H and O–H groups in total. The van der Waals surface area contributed by atoms with Crippen molar-refractivity contribution >= 4 is 38.3 Å². The van der Waals surface area contributed by atoms with Gasteiger partial charge in [0, 0.05) is 55.5 Å². The largest absolute Gasteiger partial charge is 0.345 e. The lowest BCUT2D eigenvalue weighted by molar-refractivity contribution is 0.638. The Bertz CT molecular complexity index is 507. The van der Waals surface area contributed by atoms with Gasteiger partial charge in [0.25, 0.3) is 0 Å². The summed E-state index contributed by atoms with van der Waals surface area (Å²) in [6.07, 6.45) is 5.61. The van der Waals surface area contributed by atoms with E-state index >= 15 is 0 Å². The quantitative estimate of drug-likeness (QED) is 0.802. The molecule has 3 rings (SSSR count). The Kier molecular flexibility index (Phi) is 3.93. The molecule has 0 aromatic carbocycles. The fourth-order valence-electron chi connectivity index (χ4n) is 2.05. The zero-order valence-corrected chi connectivity index (χ0v) is 12.8. The van der Waals surface area contributed by atoms with E-state index in [1.807, 2.05) is 24.0 Å². The number of halogens is 1. The molecule has 5 nitrogen and oxygen atoms in total. The maximum Gasteiger partial charge on any atom is 0.225 e. The van der Waals surface area contributed by atoms with Crippen LogP contribution in [0.1, 0.15) is 5.56 Å². The van der Waals surface area contributed by atoms with Crippen LogP contribution in [0.4, 0.5) is 11.1 Å². The van der Waals surface area contributed by atoms with E-state index in [0.29, 0.717) is 0 Å². The first-order valence-corrected chi connectivity index (χ1v) is 8.13. The number of aromatic nitrogens is 3. The van der Waals surface area contributed by atoms with Gasteiger partial charge in [-0.1, -0.05) is 15.9 Å². The van der Waals surface area contributed by atoms with E-state index in [2.05, 4.69) is 40.7 Å². The SMILES string of the molecule is BrCc1cnc(N2CCN(c3nccs3)CC2)nc1. The van der Waals surface area contributed by atoms with Crippen LogP contribution in [-0.2, 0) is 5.33 Å². The predicted molar refractivity (Wildman–Crippen MR) is 81.2 cm³/mol. The maximum absolute atomic E-state index is 4.41. The first kappa shape index (κ1) is 12.8. The van der Waals surface area contributed by atoms with Gasteiger partial charge in [-0.2, -0.15) is 0 Å². The highest BCUT2D eigenvalue weighted by atomic mass is 79.9. The fraction of sp³-hybridized carbons (Fsp3) is 0.417. The molecule has 1 fully saturated rings. The molecule has 1 aliphatic rings. The topological polar surface area (TPSA) is 45.2 Å². The van der Waals surface area contributed by atoms with Gasteiger partial charge in [-0.3, -0.25) is 0 Å². The highest BCUT2D eigenvalue weighted by Crippen LogP contribution is 2.20. The van der Waals surface area contributed by atoms with Crippen molar-refractivity contribution < 1.29 is 0 Å². The van der Waals surface area contributed by atoms with Crippen LogP contribution >= 0.6 is 27.3 Å². The normalized spacial score (nSPS) is 15.8. The van der Waals surface area contributed by atoms with Gasteiger partial charge in [-0.05, 0) is 5.56 Å². The lowest BCUT2D eigenvalue weighted by atomic mass is 10.3. The highest BCUT2D eigenvalue weighted by molar-refractivity contribution is 9.08. The molecule has 2 aromatic heterocycles. The third-order valence-corrected chi connectivity index (χ3v) is 4.58. The Morgan fingerprint density at radius 1 is 1.05 bits per heavy atom. The number of hydrogen-bond acceptors (Lipinski definition) is 6. The first-order valence-electron chi connectivity index (χ1n) is 6.13. The summed E-state index contributed by atoms with van der Waals surface area (Å²) in [4.78, 5) is 17.7. The van der Waals surface area contributed by atoms with E-state index in [1.54, 1.807) is 11.3 Å². The smallest absolute Gasteiger partial charge is 0.225 e. The van der Waals surface area contributed by atoms with Crippen LogP contribution in [0.15, 0.2) is 24.0 Å². The van der Waals surface area contributed by atoms with Gasteiger partial charge < -0.3 is 9.80 Å². The second-order valence-electron chi connectivity index (χ2n) is 4.31. The molecule has 0 saturated carbocycles. The molecule has 0 atom stereocenters. The molecular formula is C12H14BrN5S. The van der Waals surface area contributed by atoms with Crippen LogP contribution < -0.4 is 9.80 Å². The van der Waals surface area contributed by atoms with Crippen molar-refractivity contribution in [3.63, 3.8) is 0 Å². The molecule has 0 unspecified atom stereocenters. The summed E-state index contributed by atoms with van der Waals surface area (Å²) in [5.41, 5.74) is 1.10.